The standard InChI is InChI=1S/C24H25FN2O3/c1-17(2)24(29)27(16-18-10-12-20(25)13-11-18)22(19-7-4-3-5-8-19)23(28)26-15-21-9-6-14-30-21/h3-14,17,22H,15-16H2,1-2H3,(H,26,28)/t22-/m0/s1. The number of furan rings is 1. The summed E-state index contributed by atoms with van der Waals surface area (Å²) in [6, 6.07) is 17.8. The van der Waals surface area contributed by atoms with Gasteiger partial charge in [-0.15, -0.1) is 0 Å². The first kappa shape index (κ1) is 21.3. The van der Waals surface area contributed by atoms with Crippen LogP contribution in [0.15, 0.2) is 77.4 Å². The minimum atomic E-state index is -0.832. The van der Waals surface area contributed by atoms with Crippen LogP contribution in [0.5, 0.6) is 0 Å². The van der Waals surface area contributed by atoms with Crippen LogP contribution in [-0.2, 0) is 22.7 Å². The van der Waals surface area contributed by atoms with Gasteiger partial charge in [0.05, 0.1) is 12.8 Å². The van der Waals surface area contributed by atoms with Gasteiger partial charge in [-0.2, -0.15) is 0 Å². The zero-order chi connectivity index (χ0) is 21.5. The molecule has 0 fully saturated rings. The molecule has 2 aromatic carbocycles. The van der Waals surface area contributed by atoms with E-state index in [0.717, 1.165) is 5.56 Å². The number of carbonyl (C=O) groups is 2. The van der Waals surface area contributed by atoms with Crippen LogP contribution in [0.2, 0.25) is 0 Å². The van der Waals surface area contributed by atoms with E-state index in [1.54, 1.807) is 49.3 Å². The van der Waals surface area contributed by atoms with Crippen LogP contribution >= 0.6 is 0 Å². The average molecular weight is 408 g/mol. The maximum Gasteiger partial charge on any atom is 0.247 e. The normalized spacial score (nSPS) is 11.9. The molecule has 156 valence electrons. The third kappa shape index (κ3) is 5.35. The molecule has 6 heteroatoms. The van der Waals surface area contributed by atoms with Crippen LogP contribution in [-0.4, -0.2) is 16.7 Å². The molecular formula is C24H25FN2O3. The van der Waals surface area contributed by atoms with Crippen LogP contribution in [0.25, 0.3) is 0 Å². The van der Waals surface area contributed by atoms with Crippen molar-refractivity contribution in [3.8, 4) is 0 Å². The third-order valence-corrected chi connectivity index (χ3v) is 4.74. The topological polar surface area (TPSA) is 62.6 Å². The van der Waals surface area contributed by atoms with E-state index in [1.807, 2.05) is 30.3 Å². The van der Waals surface area contributed by atoms with Crippen molar-refractivity contribution < 1.29 is 18.4 Å². The summed E-state index contributed by atoms with van der Waals surface area (Å²) < 4.78 is 18.6. The Morgan fingerprint density at radius 2 is 1.70 bits per heavy atom. The molecule has 0 radical (unpaired) electrons. The highest BCUT2D eigenvalue weighted by Crippen LogP contribution is 2.26. The molecule has 0 saturated heterocycles. The Kier molecular flexibility index (Phi) is 7.01. The fraction of sp³-hybridized carbons (Fsp3) is 0.250. The molecule has 1 atom stereocenters. The second kappa shape index (κ2) is 9.87. The Bertz CT molecular complexity index is 954. The average Bonchev–Trinajstić information content (AvgIpc) is 3.27. The molecule has 1 N–H and O–H groups in total. The zero-order valence-electron chi connectivity index (χ0n) is 17.0. The third-order valence-electron chi connectivity index (χ3n) is 4.74. The number of nitrogens with zero attached hydrogens (tertiary/aromatic N) is 1. The van der Waals surface area contributed by atoms with Crippen molar-refractivity contribution in [2.24, 2.45) is 5.92 Å². The van der Waals surface area contributed by atoms with Crippen LogP contribution in [0.4, 0.5) is 4.39 Å². The maximum absolute atomic E-state index is 13.3. The molecular weight excluding hydrogens is 383 g/mol. The minimum Gasteiger partial charge on any atom is -0.467 e. The van der Waals surface area contributed by atoms with Gasteiger partial charge in [-0.1, -0.05) is 56.3 Å². The van der Waals surface area contributed by atoms with Crippen LogP contribution in [0.1, 0.15) is 36.8 Å². The maximum atomic E-state index is 13.3. The first-order valence-electron chi connectivity index (χ1n) is 9.85. The summed E-state index contributed by atoms with van der Waals surface area (Å²) in [6.45, 7) is 3.99. The molecule has 0 saturated carbocycles. The van der Waals surface area contributed by atoms with Crippen LogP contribution in [0.3, 0.4) is 0 Å². The quantitative estimate of drug-likeness (QED) is 0.599. The van der Waals surface area contributed by atoms with Gasteiger partial charge in [-0.05, 0) is 35.4 Å². The fourth-order valence-electron chi connectivity index (χ4n) is 3.21. The van der Waals surface area contributed by atoms with E-state index in [1.165, 1.54) is 12.1 Å². The van der Waals surface area contributed by atoms with Gasteiger partial charge in [-0.3, -0.25) is 9.59 Å². The first-order chi connectivity index (χ1) is 14.5. The number of amides is 2. The molecule has 5 nitrogen and oxygen atoms in total. The Balaban J connectivity index is 1.93. The van der Waals surface area contributed by atoms with Gasteiger partial charge in [0.2, 0.25) is 11.8 Å². The summed E-state index contributed by atoms with van der Waals surface area (Å²) in [6.07, 6.45) is 1.54. The van der Waals surface area contributed by atoms with Crippen molar-refractivity contribution in [1.29, 1.82) is 0 Å². The second-order valence-corrected chi connectivity index (χ2v) is 7.36. The summed E-state index contributed by atoms with van der Waals surface area (Å²) in [5.41, 5.74) is 1.44. The van der Waals surface area contributed by atoms with Crippen molar-refractivity contribution >= 4 is 11.8 Å². The largest absolute Gasteiger partial charge is 0.467 e. The van der Waals surface area contributed by atoms with Crippen LogP contribution < -0.4 is 5.32 Å². The van der Waals surface area contributed by atoms with E-state index in [2.05, 4.69) is 5.32 Å². The zero-order valence-corrected chi connectivity index (χ0v) is 17.0. The minimum absolute atomic E-state index is 0.165. The highest BCUT2D eigenvalue weighted by atomic mass is 19.1. The lowest BCUT2D eigenvalue weighted by Gasteiger charge is -2.32. The first-order valence-corrected chi connectivity index (χ1v) is 9.85. The van der Waals surface area contributed by atoms with E-state index in [4.69, 9.17) is 4.42 Å². The summed E-state index contributed by atoms with van der Waals surface area (Å²) in [4.78, 5) is 27.9. The lowest BCUT2D eigenvalue weighted by molar-refractivity contribution is -0.144. The van der Waals surface area contributed by atoms with E-state index in [0.29, 0.717) is 11.3 Å². The smallest absolute Gasteiger partial charge is 0.247 e. The number of carbonyl (C=O) groups excluding carboxylic acids is 2. The van der Waals surface area contributed by atoms with E-state index in [-0.39, 0.29) is 36.6 Å². The highest BCUT2D eigenvalue weighted by molar-refractivity contribution is 5.89. The Labute approximate surface area is 175 Å². The van der Waals surface area contributed by atoms with Crippen molar-refractivity contribution in [2.75, 3.05) is 0 Å². The second-order valence-electron chi connectivity index (χ2n) is 7.36. The van der Waals surface area contributed by atoms with Gasteiger partial charge >= 0.3 is 0 Å². The Morgan fingerprint density at radius 1 is 1.00 bits per heavy atom. The van der Waals surface area contributed by atoms with Crippen molar-refractivity contribution in [3.63, 3.8) is 0 Å². The van der Waals surface area contributed by atoms with E-state index < -0.39 is 6.04 Å². The van der Waals surface area contributed by atoms with Gasteiger partial charge in [0, 0.05) is 12.5 Å². The predicted octanol–water partition coefficient (Wildman–Crippen LogP) is 4.46. The van der Waals surface area contributed by atoms with Crippen LogP contribution in [0, 0.1) is 11.7 Å². The number of hydrogen-bond acceptors (Lipinski definition) is 3. The van der Waals surface area contributed by atoms with Gasteiger partial charge in [0.15, 0.2) is 0 Å². The van der Waals surface area contributed by atoms with E-state index >= 15 is 0 Å². The lowest BCUT2D eigenvalue weighted by atomic mass is 10.0. The molecule has 1 aromatic heterocycles. The molecule has 0 aliphatic heterocycles. The molecule has 0 aliphatic rings. The van der Waals surface area contributed by atoms with Crippen molar-refractivity contribution in [3.05, 3.63) is 95.7 Å². The molecule has 0 spiro atoms. The molecule has 3 rings (SSSR count). The van der Waals surface area contributed by atoms with E-state index in [9.17, 15) is 14.0 Å². The molecule has 1 heterocycles. The van der Waals surface area contributed by atoms with Gasteiger partial charge in [0.1, 0.15) is 17.6 Å². The fourth-order valence-corrected chi connectivity index (χ4v) is 3.21. The highest BCUT2D eigenvalue weighted by Gasteiger charge is 2.32. The molecule has 30 heavy (non-hydrogen) atoms. The monoisotopic (exact) mass is 408 g/mol. The molecule has 3 aromatic rings. The summed E-state index contributed by atoms with van der Waals surface area (Å²) in [5, 5.41) is 2.87. The predicted molar refractivity (Wildman–Crippen MR) is 112 cm³/mol. The summed E-state index contributed by atoms with van der Waals surface area (Å²) in [7, 11) is 0. The van der Waals surface area contributed by atoms with Crippen molar-refractivity contribution in [1.82, 2.24) is 10.2 Å². The number of hydrogen-bond donors (Lipinski definition) is 1. The van der Waals surface area contributed by atoms with Gasteiger partial charge < -0.3 is 14.6 Å². The number of halogens is 1. The SMILES string of the molecule is CC(C)C(=O)N(Cc1ccc(F)cc1)[C@H](C(=O)NCc1ccco1)c1ccccc1. The number of benzene rings is 2. The van der Waals surface area contributed by atoms with Gasteiger partial charge in [-0.25, -0.2) is 4.39 Å². The molecule has 0 aliphatic carbocycles. The summed E-state index contributed by atoms with van der Waals surface area (Å²) in [5.74, 6) is -0.517. The number of rotatable bonds is 8. The number of nitrogens with one attached hydrogen (secondary N) is 1. The van der Waals surface area contributed by atoms with Gasteiger partial charge in [0.25, 0.3) is 0 Å². The molecule has 0 unspecified atom stereocenters. The summed E-state index contributed by atoms with van der Waals surface area (Å²) >= 11 is 0. The Morgan fingerprint density at radius 3 is 2.30 bits per heavy atom. The molecule has 2 amide bonds. The molecule has 0 bridgehead atoms. The lowest BCUT2D eigenvalue weighted by Crippen LogP contribution is -2.44. The van der Waals surface area contributed by atoms with Crippen molar-refractivity contribution in [2.45, 2.75) is 33.0 Å². The Hall–Kier alpha value is -3.41.